The fraction of sp³-hybridized carbons (Fsp3) is 0.346. The van der Waals surface area contributed by atoms with Crippen LogP contribution in [0, 0.1) is 5.92 Å². The third kappa shape index (κ3) is 4.42. The minimum atomic E-state index is 0.666. The molecule has 3 nitrogen and oxygen atoms in total. The van der Waals surface area contributed by atoms with E-state index in [0.29, 0.717) is 6.04 Å². The predicted octanol–water partition coefficient (Wildman–Crippen LogP) is 4.85. The first kappa shape index (κ1) is 18.5. The Morgan fingerprint density at radius 1 is 0.724 bits per heavy atom. The average Bonchev–Trinajstić information content (AvgIpc) is 3.06. The van der Waals surface area contributed by atoms with Crippen molar-refractivity contribution < 1.29 is 0 Å². The molecule has 0 amide bonds. The maximum absolute atomic E-state index is 4.29. The maximum Gasteiger partial charge on any atom is 0.0312 e. The number of aromatic nitrogens is 1. The van der Waals surface area contributed by atoms with Gasteiger partial charge in [0.05, 0.1) is 0 Å². The summed E-state index contributed by atoms with van der Waals surface area (Å²) in [5.41, 5.74) is 5.35. The Bertz CT molecular complexity index is 908. The predicted molar refractivity (Wildman–Crippen MR) is 118 cm³/mol. The molecular formula is C26H29N3. The van der Waals surface area contributed by atoms with Crippen LogP contribution in [0.5, 0.6) is 0 Å². The number of hydrogen-bond acceptors (Lipinski definition) is 3. The average molecular weight is 384 g/mol. The van der Waals surface area contributed by atoms with Crippen LogP contribution < -0.4 is 0 Å². The van der Waals surface area contributed by atoms with Gasteiger partial charge in [-0.15, -0.1) is 0 Å². The van der Waals surface area contributed by atoms with Crippen LogP contribution in [0.15, 0.2) is 79.1 Å². The molecule has 3 saturated heterocycles. The highest BCUT2D eigenvalue weighted by molar-refractivity contribution is 5.63. The normalized spacial score (nSPS) is 22.5. The van der Waals surface area contributed by atoms with Crippen molar-refractivity contribution in [2.75, 3.05) is 19.6 Å². The van der Waals surface area contributed by atoms with Crippen LogP contribution in [0.25, 0.3) is 11.1 Å². The van der Waals surface area contributed by atoms with E-state index in [4.69, 9.17) is 0 Å². The fourth-order valence-corrected chi connectivity index (χ4v) is 5.02. The van der Waals surface area contributed by atoms with E-state index >= 15 is 0 Å². The van der Waals surface area contributed by atoms with E-state index < -0.39 is 0 Å². The molecule has 3 heteroatoms. The lowest BCUT2D eigenvalue weighted by Crippen LogP contribution is -2.43. The fourth-order valence-electron chi connectivity index (χ4n) is 5.02. The number of pyridine rings is 1. The first-order valence-electron chi connectivity index (χ1n) is 10.8. The second-order valence-corrected chi connectivity index (χ2v) is 8.64. The Balaban J connectivity index is 1.25. The summed E-state index contributed by atoms with van der Waals surface area (Å²) in [6.45, 7) is 5.72. The van der Waals surface area contributed by atoms with E-state index in [9.17, 15) is 0 Å². The minimum absolute atomic E-state index is 0.666. The lowest BCUT2D eigenvalue weighted by atomic mass is 9.94. The smallest absolute Gasteiger partial charge is 0.0312 e. The van der Waals surface area contributed by atoms with Gasteiger partial charge in [-0.2, -0.15) is 0 Å². The molecular weight excluding hydrogens is 354 g/mol. The molecule has 1 aromatic heterocycles. The summed E-state index contributed by atoms with van der Waals surface area (Å²) in [5.74, 6) is 0.786. The monoisotopic (exact) mass is 383 g/mol. The van der Waals surface area contributed by atoms with E-state index in [1.165, 1.54) is 54.7 Å². The first-order valence-corrected chi connectivity index (χ1v) is 10.8. The summed E-state index contributed by atoms with van der Waals surface area (Å²) < 4.78 is 0. The van der Waals surface area contributed by atoms with Crippen LogP contribution in [0.4, 0.5) is 0 Å². The molecule has 6 rings (SSSR count). The van der Waals surface area contributed by atoms with Gasteiger partial charge in [-0.25, -0.2) is 0 Å². The third-order valence-corrected chi connectivity index (χ3v) is 6.48. The van der Waals surface area contributed by atoms with Crippen molar-refractivity contribution >= 4 is 0 Å². The Morgan fingerprint density at radius 2 is 1.55 bits per heavy atom. The summed E-state index contributed by atoms with van der Waals surface area (Å²) in [7, 11) is 0. The highest BCUT2D eigenvalue weighted by atomic mass is 15.3. The molecule has 3 fully saturated rings. The van der Waals surface area contributed by atoms with Crippen molar-refractivity contribution in [2.45, 2.75) is 32.0 Å². The molecule has 2 aromatic carbocycles. The molecule has 148 valence electrons. The molecule has 0 N–H and O–H groups in total. The van der Waals surface area contributed by atoms with Crippen LogP contribution in [0.1, 0.15) is 24.0 Å². The highest BCUT2D eigenvalue weighted by Gasteiger charge is 2.34. The summed E-state index contributed by atoms with van der Waals surface area (Å²) in [5, 5.41) is 0. The Morgan fingerprint density at radius 3 is 2.34 bits per heavy atom. The van der Waals surface area contributed by atoms with Crippen molar-refractivity contribution in [2.24, 2.45) is 5.92 Å². The molecule has 0 spiro atoms. The molecule has 3 aromatic rings. The SMILES string of the molecule is c1ccc(-c2ccc(CN3C[C@H]4CC[C@@H]3CN(Cc3cccnc3)C4)cc2)cc1. The van der Waals surface area contributed by atoms with Gasteiger partial charge in [-0.05, 0) is 47.1 Å². The largest absolute Gasteiger partial charge is 0.297 e. The number of benzene rings is 2. The Hall–Kier alpha value is -2.49. The van der Waals surface area contributed by atoms with Gasteiger partial charge in [0.2, 0.25) is 0 Å². The lowest BCUT2D eigenvalue weighted by molar-refractivity contribution is 0.123. The van der Waals surface area contributed by atoms with Gasteiger partial charge >= 0.3 is 0 Å². The van der Waals surface area contributed by atoms with E-state index in [1.54, 1.807) is 0 Å². The van der Waals surface area contributed by atoms with Crippen molar-refractivity contribution in [3.05, 3.63) is 90.3 Å². The highest BCUT2D eigenvalue weighted by Crippen LogP contribution is 2.30. The molecule has 2 atom stereocenters. The standard InChI is InChI=1S/C26H29N3/c1-2-6-24(7-3-1)25-11-8-21(9-12-25)18-29-19-23-10-13-26(29)20-28(17-23)16-22-5-4-14-27-15-22/h1-9,11-12,14-15,23,26H,10,13,16-20H2/t23-,26+/m0/s1. The van der Waals surface area contributed by atoms with Gasteiger partial charge in [0.15, 0.2) is 0 Å². The van der Waals surface area contributed by atoms with Gasteiger partial charge in [0.1, 0.15) is 0 Å². The molecule has 2 bridgehead atoms. The summed E-state index contributed by atoms with van der Waals surface area (Å²) in [6, 6.07) is 24.7. The van der Waals surface area contributed by atoms with Gasteiger partial charge in [-0.1, -0.05) is 60.7 Å². The van der Waals surface area contributed by atoms with Crippen LogP contribution in [-0.4, -0.2) is 40.5 Å². The van der Waals surface area contributed by atoms with Crippen LogP contribution in [0.3, 0.4) is 0 Å². The zero-order valence-electron chi connectivity index (χ0n) is 17.0. The molecule has 3 aliphatic rings. The summed E-state index contributed by atoms with van der Waals surface area (Å²) in [6.07, 6.45) is 6.58. The van der Waals surface area contributed by atoms with E-state index in [1.807, 2.05) is 18.5 Å². The lowest BCUT2D eigenvalue weighted by Gasteiger charge is -2.36. The summed E-state index contributed by atoms with van der Waals surface area (Å²) >= 11 is 0. The van der Waals surface area contributed by atoms with Gasteiger partial charge < -0.3 is 0 Å². The Kier molecular flexibility index (Phi) is 5.42. The molecule has 0 radical (unpaired) electrons. The number of piperidine rings is 1. The number of rotatable bonds is 5. The minimum Gasteiger partial charge on any atom is -0.297 e. The molecule has 0 unspecified atom stereocenters. The second kappa shape index (κ2) is 8.48. The van der Waals surface area contributed by atoms with Crippen LogP contribution >= 0.6 is 0 Å². The third-order valence-electron chi connectivity index (χ3n) is 6.48. The molecule has 0 saturated carbocycles. The molecule has 4 heterocycles. The van der Waals surface area contributed by atoms with Gasteiger partial charge in [0.25, 0.3) is 0 Å². The van der Waals surface area contributed by atoms with Crippen LogP contribution in [-0.2, 0) is 13.1 Å². The maximum atomic E-state index is 4.29. The van der Waals surface area contributed by atoms with E-state index in [2.05, 4.69) is 75.4 Å². The summed E-state index contributed by atoms with van der Waals surface area (Å²) in [4.78, 5) is 9.67. The quantitative estimate of drug-likeness (QED) is 0.628. The Labute approximate surface area is 174 Å². The second-order valence-electron chi connectivity index (χ2n) is 8.64. The zero-order valence-corrected chi connectivity index (χ0v) is 17.0. The number of hydrogen-bond donors (Lipinski definition) is 0. The van der Waals surface area contributed by atoms with E-state index in [-0.39, 0.29) is 0 Å². The van der Waals surface area contributed by atoms with Crippen molar-refractivity contribution in [3.63, 3.8) is 0 Å². The van der Waals surface area contributed by atoms with Crippen molar-refractivity contribution in [3.8, 4) is 11.1 Å². The van der Waals surface area contributed by atoms with Crippen molar-refractivity contribution in [1.82, 2.24) is 14.8 Å². The molecule has 0 aliphatic carbocycles. The topological polar surface area (TPSA) is 19.4 Å². The first-order chi connectivity index (χ1) is 14.3. The van der Waals surface area contributed by atoms with Crippen molar-refractivity contribution in [1.29, 1.82) is 0 Å². The van der Waals surface area contributed by atoms with Gasteiger partial charge in [0, 0.05) is 51.2 Å². The molecule has 3 aliphatic heterocycles. The van der Waals surface area contributed by atoms with Gasteiger partial charge in [-0.3, -0.25) is 14.8 Å². The molecule has 29 heavy (non-hydrogen) atoms. The zero-order chi connectivity index (χ0) is 19.5. The van der Waals surface area contributed by atoms with E-state index in [0.717, 1.165) is 19.0 Å². The number of fused-ring (bicyclic) bond motifs is 4. The number of nitrogens with zero attached hydrogens (tertiary/aromatic N) is 3. The van der Waals surface area contributed by atoms with Crippen LogP contribution in [0.2, 0.25) is 0 Å².